The van der Waals surface area contributed by atoms with Gasteiger partial charge in [-0.1, -0.05) is 18.2 Å². The molecule has 27 heavy (non-hydrogen) atoms. The van der Waals surface area contributed by atoms with Crippen LogP contribution in [0.25, 0.3) is 0 Å². The number of nitrogens with zero attached hydrogens (tertiary/aromatic N) is 3. The second-order valence-corrected chi connectivity index (χ2v) is 6.88. The minimum Gasteiger partial charge on any atom is -0.385 e. The van der Waals surface area contributed by atoms with E-state index in [9.17, 15) is 9.18 Å². The van der Waals surface area contributed by atoms with Gasteiger partial charge < -0.3 is 22.1 Å². The number of carbonyl (C=O) groups excluding carboxylic acids is 1. The molecule has 1 amide bonds. The Morgan fingerprint density at radius 2 is 2.07 bits per heavy atom. The predicted octanol–water partition coefficient (Wildman–Crippen LogP) is 0.755. The monoisotopic (exact) mass is 371 g/mol. The van der Waals surface area contributed by atoms with Gasteiger partial charge in [0.1, 0.15) is 23.6 Å². The molecule has 6 N–H and O–H groups in total. The molecule has 0 aliphatic carbocycles. The molecule has 8 nitrogen and oxygen atoms in total. The molecule has 2 heterocycles. The van der Waals surface area contributed by atoms with E-state index in [1.54, 1.807) is 39.0 Å². The number of rotatable bonds is 3. The van der Waals surface area contributed by atoms with Crippen molar-refractivity contribution in [1.82, 2.24) is 10.6 Å². The van der Waals surface area contributed by atoms with Gasteiger partial charge in [-0.2, -0.15) is 0 Å². The molecule has 9 heteroatoms. The quantitative estimate of drug-likeness (QED) is 0.461. The summed E-state index contributed by atoms with van der Waals surface area (Å²) in [5.41, 5.74) is 12.5. The van der Waals surface area contributed by atoms with E-state index in [-0.39, 0.29) is 29.9 Å². The molecule has 142 valence electrons. The fourth-order valence-corrected chi connectivity index (χ4v) is 3.00. The number of nitrogens with one attached hydrogen (secondary N) is 2. The van der Waals surface area contributed by atoms with Gasteiger partial charge in [0, 0.05) is 11.1 Å². The molecule has 1 fully saturated rings. The lowest BCUT2D eigenvalue weighted by atomic mass is 9.85. The second kappa shape index (κ2) is 6.82. The number of benzene rings is 1. The molecule has 1 saturated heterocycles. The summed E-state index contributed by atoms with van der Waals surface area (Å²) in [6, 6.07) is 6.39. The Balaban J connectivity index is 1.77. The summed E-state index contributed by atoms with van der Waals surface area (Å²) in [4.78, 5) is 24.9. The maximum Gasteiger partial charge on any atom is 0.231 e. The summed E-state index contributed by atoms with van der Waals surface area (Å²) in [5.74, 6) is 0.534. The van der Waals surface area contributed by atoms with Crippen LogP contribution in [0.5, 0.6) is 0 Å². The van der Waals surface area contributed by atoms with Gasteiger partial charge in [0.15, 0.2) is 11.7 Å². The smallest absolute Gasteiger partial charge is 0.231 e. The number of fused-ring (bicyclic) bond motifs is 1. The van der Waals surface area contributed by atoms with E-state index in [4.69, 9.17) is 11.5 Å². The molecular weight excluding hydrogens is 349 g/mol. The van der Waals surface area contributed by atoms with Crippen LogP contribution in [0.1, 0.15) is 26.3 Å². The number of hydrogen-bond donors (Lipinski definition) is 4. The first-order valence-corrected chi connectivity index (χ1v) is 8.45. The van der Waals surface area contributed by atoms with Crippen LogP contribution >= 0.6 is 0 Å². The molecule has 0 aromatic heterocycles. The second-order valence-electron chi connectivity index (χ2n) is 6.88. The van der Waals surface area contributed by atoms with E-state index < -0.39 is 11.6 Å². The van der Waals surface area contributed by atoms with Crippen molar-refractivity contribution in [1.29, 1.82) is 0 Å². The highest BCUT2D eigenvalue weighted by Crippen LogP contribution is 2.37. The fraction of sp³-hybridized carbons (Fsp3) is 0.333. The molecule has 2 aliphatic rings. The highest BCUT2D eigenvalue weighted by Gasteiger charge is 2.47. The van der Waals surface area contributed by atoms with Crippen LogP contribution in [0.2, 0.25) is 0 Å². The lowest BCUT2D eigenvalue weighted by molar-refractivity contribution is -0.125. The van der Waals surface area contributed by atoms with Gasteiger partial charge in [-0.3, -0.25) is 9.79 Å². The molecule has 0 bridgehead atoms. The van der Waals surface area contributed by atoms with Gasteiger partial charge in [-0.15, -0.1) is 0 Å². The number of halogens is 1. The van der Waals surface area contributed by atoms with E-state index in [0.717, 1.165) is 0 Å². The van der Waals surface area contributed by atoms with Gasteiger partial charge in [-0.05, 0) is 26.8 Å². The zero-order chi connectivity index (χ0) is 19.8. The van der Waals surface area contributed by atoms with Crippen LogP contribution in [-0.2, 0) is 11.3 Å². The Hall–Kier alpha value is -3.23. The lowest BCUT2D eigenvalue weighted by Crippen LogP contribution is -2.45. The highest BCUT2D eigenvalue weighted by molar-refractivity contribution is 6.42. The maximum absolute atomic E-state index is 13.6. The summed E-state index contributed by atoms with van der Waals surface area (Å²) >= 11 is 0. The highest BCUT2D eigenvalue weighted by atomic mass is 19.1. The first-order chi connectivity index (χ1) is 12.7. The Bertz CT molecular complexity index is 914. The number of carbonyl (C=O) groups is 1. The van der Waals surface area contributed by atoms with E-state index >= 15 is 0 Å². The van der Waals surface area contributed by atoms with Gasteiger partial charge in [-0.25, -0.2) is 14.4 Å². The van der Waals surface area contributed by atoms with Crippen LogP contribution in [0.15, 0.2) is 50.6 Å². The van der Waals surface area contributed by atoms with Gasteiger partial charge >= 0.3 is 0 Å². The van der Waals surface area contributed by atoms with Crippen molar-refractivity contribution in [2.24, 2.45) is 31.9 Å². The first kappa shape index (κ1) is 18.6. The van der Waals surface area contributed by atoms with Crippen LogP contribution < -0.4 is 22.1 Å². The number of hydrogen-bond acceptors (Lipinski definition) is 5. The van der Waals surface area contributed by atoms with E-state index in [2.05, 4.69) is 25.6 Å². The van der Waals surface area contributed by atoms with Crippen LogP contribution in [-0.4, -0.2) is 29.6 Å². The average molecular weight is 371 g/mol. The summed E-state index contributed by atoms with van der Waals surface area (Å²) in [6.07, 6.45) is -0.576. The number of amides is 1. The molecule has 1 atom stereocenters. The maximum atomic E-state index is 13.6. The van der Waals surface area contributed by atoms with E-state index in [1.807, 2.05) is 0 Å². The summed E-state index contributed by atoms with van der Waals surface area (Å²) < 4.78 is 13.6. The molecule has 0 radical (unpaired) electrons. The first-order valence-electron chi connectivity index (χ1n) is 8.45. The minimum atomic E-state index is -0.750. The van der Waals surface area contributed by atoms with Crippen molar-refractivity contribution in [3.63, 3.8) is 0 Å². The standard InChI is InChI=1S/C18H22FN7O/c1-9(22-8-10-6-4-5-7-11(10)19)23-14(21)16-24-13(20)12-15(25-16)26-17(27)18(12,2)3/h4-7,15H,8,20H2,1-3H3,(H,24,25)(H,26,27)(H2,21,22,23). The molecule has 1 aromatic carbocycles. The van der Waals surface area contributed by atoms with Crippen molar-refractivity contribution < 1.29 is 9.18 Å². The minimum absolute atomic E-state index is 0.0748. The topological polar surface area (TPSA) is 130 Å². The van der Waals surface area contributed by atoms with Crippen LogP contribution in [0, 0.1) is 11.2 Å². The number of aliphatic imine (C=N–C) groups is 3. The largest absolute Gasteiger partial charge is 0.385 e. The van der Waals surface area contributed by atoms with Gasteiger partial charge in [0.2, 0.25) is 5.91 Å². The van der Waals surface area contributed by atoms with Crippen LogP contribution in [0.3, 0.4) is 0 Å². The summed E-state index contributed by atoms with van der Waals surface area (Å²) in [7, 11) is 0. The fourth-order valence-electron chi connectivity index (χ4n) is 3.00. The van der Waals surface area contributed by atoms with Crippen molar-refractivity contribution in [2.45, 2.75) is 33.5 Å². The zero-order valence-electron chi connectivity index (χ0n) is 15.4. The lowest BCUT2D eigenvalue weighted by Gasteiger charge is -2.25. The molecule has 2 aliphatic heterocycles. The van der Waals surface area contributed by atoms with Gasteiger partial charge in [0.05, 0.1) is 12.0 Å². The van der Waals surface area contributed by atoms with Crippen molar-refractivity contribution in [2.75, 3.05) is 0 Å². The summed E-state index contributed by atoms with van der Waals surface area (Å²) in [5, 5.41) is 5.68. The third kappa shape index (κ3) is 3.53. The predicted molar refractivity (Wildman–Crippen MR) is 102 cm³/mol. The number of amidine groups is 3. The SMILES string of the molecule is CC(=NCc1ccccc1F)N=C(N)C1=NC2NC(=O)C(C)(C)C2=C(N)N1. The Morgan fingerprint density at radius 3 is 2.78 bits per heavy atom. The van der Waals surface area contributed by atoms with Crippen molar-refractivity contribution in [3.05, 3.63) is 47.0 Å². The van der Waals surface area contributed by atoms with Gasteiger partial charge in [0.25, 0.3) is 0 Å². The molecule has 3 rings (SSSR count). The average Bonchev–Trinajstić information content (AvgIpc) is 2.83. The van der Waals surface area contributed by atoms with E-state index in [1.165, 1.54) is 6.07 Å². The summed E-state index contributed by atoms with van der Waals surface area (Å²) in [6.45, 7) is 5.36. The molecule has 0 spiro atoms. The third-order valence-corrected chi connectivity index (χ3v) is 4.54. The molecule has 1 aromatic rings. The van der Waals surface area contributed by atoms with Crippen LogP contribution in [0.4, 0.5) is 4.39 Å². The number of nitrogens with two attached hydrogens (primary N) is 2. The molecular formula is C18H22FN7O. The Labute approximate surface area is 156 Å². The Morgan fingerprint density at radius 1 is 1.37 bits per heavy atom. The normalized spacial score (nSPS) is 22.1. The Kier molecular flexibility index (Phi) is 4.69. The van der Waals surface area contributed by atoms with E-state index in [0.29, 0.717) is 22.8 Å². The van der Waals surface area contributed by atoms with Crippen molar-refractivity contribution >= 4 is 23.4 Å². The molecule has 1 unspecified atom stereocenters. The zero-order valence-corrected chi connectivity index (χ0v) is 15.4. The van der Waals surface area contributed by atoms with Crippen molar-refractivity contribution in [3.8, 4) is 0 Å². The molecule has 0 saturated carbocycles. The third-order valence-electron chi connectivity index (χ3n) is 4.54.